The Kier molecular flexibility index (Phi) is 5.89. The van der Waals surface area contributed by atoms with Crippen LogP contribution in [0, 0.1) is 6.92 Å². The van der Waals surface area contributed by atoms with E-state index in [0.717, 1.165) is 22.7 Å². The van der Waals surface area contributed by atoms with Gasteiger partial charge in [-0.05, 0) is 42.7 Å². The SMILES string of the molecule is COc1cccc(Nc2nc(C)cc(C(=O)Nc3ccccc3C(C)C)n2)c1. The zero-order valence-electron chi connectivity index (χ0n) is 16.5. The molecule has 0 bridgehead atoms. The molecule has 144 valence electrons. The highest BCUT2D eigenvalue weighted by Crippen LogP contribution is 2.24. The molecule has 0 saturated heterocycles. The Morgan fingerprint density at radius 1 is 1.04 bits per heavy atom. The number of nitrogens with one attached hydrogen (secondary N) is 2. The van der Waals surface area contributed by atoms with Crippen molar-refractivity contribution in [2.24, 2.45) is 0 Å². The van der Waals surface area contributed by atoms with Crippen molar-refractivity contribution in [1.82, 2.24) is 9.97 Å². The van der Waals surface area contributed by atoms with Crippen LogP contribution >= 0.6 is 0 Å². The van der Waals surface area contributed by atoms with Crippen molar-refractivity contribution in [1.29, 1.82) is 0 Å². The van der Waals surface area contributed by atoms with Crippen molar-refractivity contribution in [3.05, 3.63) is 71.5 Å². The van der Waals surface area contributed by atoms with E-state index >= 15 is 0 Å². The zero-order valence-corrected chi connectivity index (χ0v) is 16.5. The highest BCUT2D eigenvalue weighted by atomic mass is 16.5. The summed E-state index contributed by atoms with van der Waals surface area (Å²) in [6.45, 7) is 6.02. The molecule has 0 spiro atoms. The van der Waals surface area contributed by atoms with Gasteiger partial charge in [0.25, 0.3) is 5.91 Å². The molecule has 3 aromatic rings. The van der Waals surface area contributed by atoms with Gasteiger partial charge in [0.2, 0.25) is 5.95 Å². The summed E-state index contributed by atoms with van der Waals surface area (Å²) in [5.74, 6) is 1.11. The lowest BCUT2D eigenvalue weighted by atomic mass is 10.0. The molecule has 0 aliphatic heterocycles. The van der Waals surface area contributed by atoms with Crippen LogP contribution in [0.25, 0.3) is 0 Å². The monoisotopic (exact) mass is 376 g/mol. The van der Waals surface area contributed by atoms with Gasteiger partial charge in [-0.1, -0.05) is 38.1 Å². The van der Waals surface area contributed by atoms with Crippen molar-refractivity contribution < 1.29 is 9.53 Å². The number of amides is 1. The van der Waals surface area contributed by atoms with Crippen LogP contribution < -0.4 is 15.4 Å². The summed E-state index contributed by atoms with van der Waals surface area (Å²) in [6.07, 6.45) is 0. The van der Waals surface area contributed by atoms with Gasteiger partial charge >= 0.3 is 0 Å². The van der Waals surface area contributed by atoms with Gasteiger partial charge in [0, 0.05) is 23.1 Å². The Morgan fingerprint density at radius 2 is 1.82 bits per heavy atom. The maximum Gasteiger partial charge on any atom is 0.274 e. The van der Waals surface area contributed by atoms with Crippen LogP contribution in [0.5, 0.6) is 5.75 Å². The molecule has 0 aliphatic rings. The van der Waals surface area contributed by atoms with Crippen LogP contribution in [-0.2, 0) is 0 Å². The second-order valence-corrected chi connectivity index (χ2v) is 6.77. The second-order valence-electron chi connectivity index (χ2n) is 6.77. The largest absolute Gasteiger partial charge is 0.497 e. The summed E-state index contributed by atoms with van der Waals surface area (Å²) in [5.41, 5.74) is 3.65. The third-order valence-electron chi connectivity index (χ3n) is 4.24. The van der Waals surface area contributed by atoms with Crippen LogP contribution in [0.1, 0.15) is 41.5 Å². The molecule has 6 nitrogen and oxygen atoms in total. The highest BCUT2D eigenvalue weighted by molar-refractivity contribution is 6.03. The molecular weight excluding hydrogens is 352 g/mol. The molecule has 1 amide bonds. The Hall–Kier alpha value is -3.41. The first-order valence-electron chi connectivity index (χ1n) is 9.13. The van der Waals surface area contributed by atoms with E-state index in [1.54, 1.807) is 13.2 Å². The molecular formula is C22H24N4O2. The van der Waals surface area contributed by atoms with E-state index in [9.17, 15) is 4.79 Å². The van der Waals surface area contributed by atoms with E-state index in [-0.39, 0.29) is 5.91 Å². The number of benzene rings is 2. The van der Waals surface area contributed by atoms with E-state index in [1.165, 1.54) is 0 Å². The smallest absolute Gasteiger partial charge is 0.274 e. The van der Waals surface area contributed by atoms with Crippen LogP contribution in [0.2, 0.25) is 0 Å². The van der Waals surface area contributed by atoms with E-state index in [2.05, 4.69) is 34.4 Å². The molecule has 0 unspecified atom stereocenters. The molecule has 2 N–H and O–H groups in total. The van der Waals surface area contributed by atoms with Crippen molar-refractivity contribution >= 4 is 23.2 Å². The Balaban J connectivity index is 1.84. The van der Waals surface area contributed by atoms with Gasteiger partial charge in [-0.15, -0.1) is 0 Å². The fraction of sp³-hybridized carbons (Fsp3) is 0.227. The number of ether oxygens (including phenoxy) is 1. The zero-order chi connectivity index (χ0) is 20.1. The van der Waals surface area contributed by atoms with Gasteiger partial charge in [0.1, 0.15) is 11.4 Å². The summed E-state index contributed by atoms with van der Waals surface area (Å²) in [6, 6.07) is 16.9. The standard InChI is InChI=1S/C22H24N4O2/c1-14(2)18-10-5-6-11-19(18)25-21(27)20-12-15(3)23-22(26-20)24-16-8-7-9-17(13-16)28-4/h5-14H,1-4H3,(H,25,27)(H,23,24,26). The number of carbonyl (C=O) groups is 1. The summed E-state index contributed by atoms with van der Waals surface area (Å²) in [4.78, 5) is 21.6. The molecule has 0 radical (unpaired) electrons. The minimum Gasteiger partial charge on any atom is -0.497 e. The van der Waals surface area contributed by atoms with Crippen molar-refractivity contribution in [2.45, 2.75) is 26.7 Å². The number of aromatic nitrogens is 2. The molecule has 0 aliphatic carbocycles. The quantitative estimate of drug-likeness (QED) is 0.639. The number of hydrogen-bond acceptors (Lipinski definition) is 5. The predicted molar refractivity (Wildman–Crippen MR) is 112 cm³/mol. The van der Waals surface area contributed by atoms with Crippen LogP contribution in [0.3, 0.4) is 0 Å². The molecule has 0 fully saturated rings. The summed E-state index contributed by atoms with van der Waals surface area (Å²) >= 11 is 0. The summed E-state index contributed by atoms with van der Waals surface area (Å²) < 4.78 is 5.23. The summed E-state index contributed by atoms with van der Waals surface area (Å²) in [5, 5.41) is 6.09. The highest BCUT2D eigenvalue weighted by Gasteiger charge is 2.14. The van der Waals surface area contributed by atoms with Gasteiger partial charge in [-0.25, -0.2) is 9.97 Å². The average molecular weight is 376 g/mol. The number of para-hydroxylation sites is 1. The van der Waals surface area contributed by atoms with E-state index in [1.807, 2.05) is 55.5 Å². The maximum atomic E-state index is 12.8. The predicted octanol–water partition coefficient (Wildman–Crippen LogP) is 4.91. The first-order valence-corrected chi connectivity index (χ1v) is 9.13. The lowest BCUT2D eigenvalue weighted by Gasteiger charge is -2.14. The molecule has 0 saturated carbocycles. The number of methoxy groups -OCH3 is 1. The fourth-order valence-corrected chi connectivity index (χ4v) is 2.87. The number of rotatable bonds is 6. The normalized spacial score (nSPS) is 10.6. The van der Waals surface area contributed by atoms with Crippen LogP contribution in [0.4, 0.5) is 17.3 Å². The van der Waals surface area contributed by atoms with E-state index in [0.29, 0.717) is 23.3 Å². The number of carbonyl (C=O) groups excluding carboxylic acids is 1. The van der Waals surface area contributed by atoms with E-state index in [4.69, 9.17) is 4.74 Å². The van der Waals surface area contributed by atoms with Gasteiger partial charge in [-0.2, -0.15) is 0 Å². The number of aryl methyl sites for hydroxylation is 1. The minimum atomic E-state index is -0.271. The Morgan fingerprint density at radius 3 is 2.57 bits per heavy atom. The van der Waals surface area contributed by atoms with Crippen molar-refractivity contribution in [3.63, 3.8) is 0 Å². The fourth-order valence-electron chi connectivity index (χ4n) is 2.87. The minimum absolute atomic E-state index is 0.271. The lowest BCUT2D eigenvalue weighted by molar-refractivity contribution is 0.102. The van der Waals surface area contributed by atoms with Gasteiger partial charge in [0.05, 0.1) is 7.11 Å². The molecule has 6 heteroatoms. The average Bonchev–Trinajstić information content (AvgIpc) is 2.68. The molecule has 2 aromatic carbocycles. The first-order chi connectivity index (χ1) is 13.5. The topological polar surface area (TPSA) is 76.1 Å². The molecule has 1 heterocycles. The molecule has 0 atom stereocenters. The second kappa shape index (κ2) is 8.52. The third kappa shape index (κ3) is 4.65. The van der Waals surface area contributed by atoms with E-state index < -0.39 is 0 Å². The number of anilines is 3. The van der Waals surface area contributed by atoms with Gasteiger partial charge in [0.15, 0.2) is 0 Å². The van der Waals surface area contributed by atoms with Gasteiger partial charge < -0.3 is 15.4 Å². The Labute approximate surface area is 165 Å². The molecule has 1 aromatic heterocycles. The molecule has 3 rings (SSSR count). The van der Waals surface area contributed by atoms with Crippen molar-refractivity contribution in [2.75, 3.05) is 17.7 Å². The lowest BCUT2D eigenvalue weighted by Crippen LogP contribution is -2.16. The van der Waals surface area contributed by atoms with Crippen LogP contribution in [-0.4, -0.2) is 23.0 Å². The van der Waals surface area contributed by atoms with Gasteiger partial charge in [-0.3, -0.25) is 4.79 Å². The number of nitrogens with zero attached hydrogens (tertiary/aromatic N) is 2. The first kappa shape index (κ1) is 19.4. The van der Waals surface area contributed by atoms with Crippen molar-refractivity contribution in [3.8, 4) is 5.75 Å². The molecule has 28 heavy (non-hydrogen) atoms. The van der Waals surface area contributed by atoms with Crippen LogP contribution in [0.15, 0.2) is 54.6 Å². The summed E-state index contributed by atoms with van der Waals surface area (Å²) in [7, 11) is 1.61. The maximum absolute atomic E-state index is 12.8. The Bertz CT molecular complexity index is 986. The number of hydrogen-bond donors (Lipinski definition) is 2. The third-order valence-corrected chi connectivity index (χ3v) is 4.24.